The number of aryl methyl sites for hydroxylation is 2. The van der Waals surface area contributed by atoms with Crippen LogP contribution in [0.15, 0.2) is 48.7 Å². The smallest absolute Gasteiger partial charge is 0.351 e. The van der Waals surface area contributed by atoms with Crippen LogP contribution in [0.1, 0.15) is 28.3 Å². The second kappa shape index (κ2) is 9.04. The van der Waals surface area contributed by atoms with Gasteiger partial charge in [-0.3, -0.25) is 9.48 Å². The Balaban J connectivity index is 1.64. The van der Waals surface area contributed by atoms with Crippen LogP contribution in [-0.4, -0.2) is 43.0 Å². The lowest BCUT2D eigenvalue weighted by atomic mass is 10.1. The quantitative estimate of drug-likeness (QED) is 0.302. The van der Waals surface area contributed by atoms with Gasteiger partial charge in [0.2, 0.25) is 0 Å². The number of benzene rings is 1. The molecular weight excluding hydrogens is 478 g/mol. The molecule has 0 radical (unpaired) electrons. The van der Waals surface area contributed by atoms with Crippen LogP contribution in [0.5, 0.6) is 0 Å². The van der Waals surface area contributed by atoms with Crippen LogP contribution in [0.25, 0.3) is 16.9 Å². The summed E-state index contributed by atoms with van der Waals surface area (Å²) in [6.45, 7) is 2.52. The van der Waals surface area contributed by atoms with Crippen LogP contribution in [0.4, 0.5) is 26.3 Å². The molecule has 0 unspecified atom stereocenters. The van der Waals surface area contributed by atoms with Gasteiger partial charge in [-0.1, -0.05) is 0 Å². The Hall–Kier alpha value is -3.90. The molecule has 1 N–H and O–H groups in total. The minimum Gasteiger partial charge on any atom is -0.351 e. The fraction of sp³-hybridized carbons (Fsp3) is 0.273. The standard InChI is InChI=1S/C22H18F6N6O/c1-13-7-10-33(31-13)9-2-8-29-20(35)17-12-19-30-16(14-3-5-15(23)6-4-14)11-18(34(19)32-17)21(24,25)22(26,27)28/h3-7,10-12H,2,8-9H2,1H3,(H,29,35). The predicted molar refractivity (Wildman–Crippen MR) is 112 cm³/mol. The maximum absolute atomic E-state index is 14.4. The average molecular weight is 496 g/mol. The summed E-state index contributed by atoms with van der Waals surface area (Å²) in [5, 5.41) is 10.4. The maximum Gasteiger partial charge on any atom is 0.459 e. The molecule has 3 heterocycles. The van der Waals surface area contributed by atoms with Crippen molar-refractivity contribution < 1.29 is 31.1 Å². The van der Waals surface area contributed by atoms with E-state index in [1.54, 1.807) is 10.9 Å². The molecule has 13 heteroatoms. The van der Waals surface area contributed by atoms with Gasteiger partial charge < -0.3 is 5.32 Å². The van der Waals surface area contributed by atoms with E-state index in [1.807, 2.05) is 13.0 Å². The number of nitrogens with one attached hydrogen (secondary N) is 1. The van der Waals surface area contributed by atoms with Crippen LogP contribution in [-0.2, 0) is 12.5 Å². The van der Waals surface area contributed by atoms with Crippen molar-refractivity contribution in [2.24, 2.45) is 0 Å². The molecule has 0 saturated heterocycles. The van der Waals surface area contributed by atoms with Crippen molar-refractivity contribution in [2.45, 2.75) is 32.0 Å². The summed E-state index contributed by atoms with van der Waals surface area (Å²) >= 11 is 0. The molecule has 0 atom stereocenters. The normalized spacial score (nSPS) is 12.3. The Bertz CT molecular complexity index is 1360. The van der Waals surface area contributed by atoms with Gasteiger partial charge in [-0.15, -0.1) is 0 Å². The van der Waals surface area contributed by atoms with Crippen LogP contribution < -0.4 is 5.32 Å². The molecule has 35 heavy (non-hydrogen) atoms. The summed E-state index contributed by atoms with van der Waals surface area (Å²) < 4.78 is 83.6. The molecule has 4 aromatic rings. The number of carbonyl (C=O) groups excluding carboxylic acids is 1. The number of rotatable bonds is 7. The van der Waals surface area contributed by atoms with Gasteiger partial charge in [0.15, 0.2) is 11.3 Å². The monoisotopic (exact) mass is 496 g/mol. The zero-order valence-corrected chi connectivity index (χ0v) is 18.2. The Morgan fingerprint density at radius 2 is 1.74 bits per heavy atom. The lowest BCUT2D eigenvalue weighted by molar-refractivity contribution is -0.291. The predicted octanol–water partition coefficient (Wildman–Crippen LogP) is 4.51. The molecule has 184 valence electrons. The molecule has 0 aliphatic carbocycles. The Kier molecular flexibility index (Phi) is 6.26. The van der Waals surface area contributed by atoms with Crippen molar-refractivity contribution in [1.29, 1.82) is 0 Å². The van der Waals surface area contributed by atoms with Gasteiger partial charge in [0.25, 0.3) is 5.91 Å². The van der Waals surface area contributed by atoms with Crippen molar-refractivity contribution >= 4 is 11.6 Å². The molecule has 0 spiro atoms. The number of aromatic nitrogens is 5. The number of carbonyl (C=O) groups is 1. The molecule has 0 aliphatic rings. The van der Waals surface area contributed by atoms with E-state index in [9.17, 15) is 31.1 Å². The molecule has 3 aromatic heterocycles. The van der Waals surface area contributed by atoms with Crippen molar-refractivity contribution in [3.8, 4) is 11.3 Å². The van der Waals surface area contributed by atoms with Crippen molar-refractivity contribution in [3.63, 3.8) is 0 Å². The summed E-state index contributed by atoms with van der Waals surface area (Å²) in [6, 6.07) is 7.76. The zero-order valence-electron chi connectivity index (χ0n) is 18.2. The number of alkyl halides is 5. The number of halogens is 6. The summed E-state index contributed by atoms with van der Waals surface area (Å²) in [4.78, 5) is 16.6. The largest absolute Gasteiger partial charge is 0.459 e. The first kappa shape index (κ1) is 24.2. The SMILES string of the molecule is Cc1ccn(CCCNC(=O)c2cc3nc(-c4ccc(F)cc4)cc(C(F)(F)C(F)(F)F)n3n2)n1. The van der Waals surface area contributed by atoms with E-state index in [0.717, 1.165) is 23.9 Å². The van der Waals surface area contributed by atoms with Gasteiger partial charge in [-0.05, 0) is 49.7 Å². The molecule has 4 rings (SSSR count). The van der Waals surface area contributed by atoms with Crippen molar-refractivity contribution in [1.82, 2.24) is 29.7 Å². The van der Waals surface area contributed by atoms with Crippen LogP contribution in [0.2, 0.25) is 0 Å². The number of hydrogen-bond acceptors (Lipinski definition) is 4. The minimum atomic E-state index is -5.93. The van der Waals surface area contributed by atoms with Gasteiger partial charge in [-0.2, -0.15) is 32.1 Å². The third kappa shape index (κ3) is 4.98. The third-order valence-corrected chi connectivity index (χ3v) is 5.10. The van der Waals surface area contributed by atoms with E-state index in [2.05, 4.69) is 20.5 Å². The fourth-order valence-corrected chi connectivity index (χ4v) is 3.34. The van der Waals surface area contributed by atoms with Crippen LogP contribution in [0, 0.1) is 12.7 Å². The van der Waals surface area contributed by atoms with E-state index in [1.165, 1.54) is 12.1 Å². The lowest BCUT2D eigenvalue weighted by Crippen LogP contribution is -2.36. The first-order valence-corrected chi connectivity index (χ1v) is 10.4. The first-order chi connectivity index (χ1) is 16.5. The van der Waals surface area contributed by atoms with Gasteiger partial charge in [-0.25, -0.2) is 13.9 Å². The fourth-order valence-electron chi connectivity index (χ4n) is 3.34. The lowest BCUT2D eigenvalue weighted by Gasteiger charge is -2.21. The molecule has 1 amide bonds. The summed E-state index contributed by atoms with van der Waals surface area (Å²) in [5.74, 6) is -6.69. The molecule has 0 saturated carbocycles. The molecule has 1 aromatic carbocycles. The first-order valence-electron chi connectivity index (χ1n) is 10.4. The van der Waals surface area contributed by atoms with Gasteiger partial charge >= 0.3 is 12.1 Å². The van der Waals surface area contributed by atoms with Crippen LogP contribution >= 0.6 is 0 Å². The second-order valence-corrected chi connectivity index (χ2v) is 7.73. The van der Waals surface area contributed by atoms with Crippen molar-refractivity contribution in [2.75, 3.05) is 6.54 Å². The zero-order chi connectivity index (χ0) is 25.4. The van der Waals surface area contributed by atoms with Crippen LogP contribution in [0.3, 0.4) is 0 Å². The highest BCUT2D eigenvalue weighted by atomic mass is 19.4. The Morgan fingerprint density at radius 1 is 1.03 bits per heavy atom. The van der Waals surface area contributed by atoms with Gasteiger partial charge in [0.05, 0.1) is 11.4 Å². The minimum absolute atomic E-state index is 0.106. The summed E-state index contributed by atoms with van der Waals surface area (Å²) in [5.41, 5.74) is -1.64. The topological polar surface area (TPSA) is 77.1 Å². The maximum atomic E-state index is 14.4. The van der Waals surface area contributed by atoms with E-state index in [0.29, 0.717) is 23.5 Å². The highest BCUT2D eigenvalue weighted by molar-refractivity contribution is 5.93. The number of hydrogen-bond donors (Lipinski definition) is 1. The van der Waals surface area contributed by atoms with Gasteiger partial charge in [0.1, 0.15) is 11.5 Å². The number of nitrogens with zero attached hydrogens (tertiary/aromatic N) is 5. The van der Waals surface area contributed by atoms with Crippen molar-refractivity contribution in [3.05, 3.63) is 71.6 Å². The highest BCUT2D eigenvalue weighted by Gasteiger charge is 2.60. The van der Waals surface area contributed by atoms with E-state index >= 15 is 0 Å². The number of fused-ring (bicyclic) bond motifs is 1. The molecule has 0 bridgehead atoms. The number of amides is 1. The molecule has 7 nitrogen and oxygen atoms in total. The summed E-state index contributed by atoms with van der Waals surface area (Å²) in [7, 11) is 0. The molecule has 0 aliphatic heterocycles. The molecular formula is C22H18F6N6O. The summed E-state index contributed by atoms with van der Waals surface area (Å²) in [6.07, 6.45) is -3.67. The van der Waals surface area contributed by atoms with Gasteiger partial charge in [0, 0.05) is 30.9 Å². The second-order valence-electron chi connectivity index (χ2n) is 7.73. The Morgan fingerprint density at radius 3 is 2.37 bits per heavy atom. The van der Waals surface area contributed by atoms with E-state index in [4.69, 9.17) is 0 Å². The molecule has 0 fully saturated rings. The third-order valence-electron chi connectivity index (χ3n) is 5.10. The highest BCUT2D eigenvalue weighted by Crippen LogP contribution is 2.44. The van der Waals surface area contributed by atoms with E-state index < -0.39 is 35.2 Å². The average Bonchev–Trinajstić information content (AvgIpc) is 3.41. The van der Waals surface area contributed by atoms with E-state index in [-0.39, 0.29) is 23.5 Å². The Labute approximate surface area is 194 Å².